The smallest absolute Gasteiger partial charge is 0.0669 e. The summed E-state index contributed by atoms with van der Waals surface area (Å²) in [5, 5.41) is 8.91. The summed E-state index contributed by atoms with van der Waals surface area (Å²) < 4.78 is 0. The molecule has 0 N–H and O–H groups in total. The number of hydrogen-bond donors (Lipinski definition) is 0. The van der Waals surface area contributed by atoms with Gasteiger partial charge in [-0.3, -0.25) is 0 Å². The number of hydrogen-bond acceptors (Lipinski definition) is 2. The van der Waals surface area contributed by atoms with Crippen molar-refractivity contribution in [2.45, 2.75) is 46.0 Å². The van der Waals surface area contributed by atoms with E-state index < -0.39 is 0 Å². The van der Waals surface area contributed by atoms with Gasteiger partial charge in [0.05, 0.1) is 12.0 Å². The van der Waals surface area contributed by atoms with Crippen molar-refractivity contribution in [3.05, 3.63) is 0 Å². The van der Waals surface area contributed by atoms with E-state index in [4.69, 9.17) is 5.26 Å². The fourth-order valence-electron chi connectivity index (χ4n) is 3.51. The molecule has 0 aromatic carbocycles. The van der Waals surface area contributed by atoms with Crippen LogP contribution < -0.4 is 0 Å². The summed E-state index contributed by atoms with van der Waals surface area (Å²) in [5.41, 5.74) is 0. The fraction of sp³-hybridized carbons (Fsp3) is 0.933. The number of rotatable bonds is 3. The molecule has 1 aliphatic heterocycles. The molecule has 0 bridgehead atoms. The van der Waals surface area contributed by atoms with Gasteiger partial charge in [0.15, 0.2) is 0 Å². The van der Waals surface area contributed by atoms with Gasteiger partial charge in [0.2, 0.25) is 0 Å². The Labute approximate surface area is 106 Å². The summed E-state index contributed by atoms with van der Waals surface area (Å²) in [6, 6.07) is 2.41. The standard InChI is InChI=1S/C15H26N2/c1-12(2)15-5-3-13(4-6-15)10-17-8-7-14(9-16)11-17/h12-15H,3-8,10-11H2,1-2H3. The van der Waals surface area contributed by atoms with Crippen LogP contribution in [0.4, 0.5) is 0 Å². The number of nitriles is 1. The summed E-state index contributed by atoms with van der Waals surface area (Å²) in [6.07, 6.45) is 6.78. The highest BCUT2D eigenvalue weighted by atomic mass is 15.1. The van der Waals surface area contributed by atoms with Gasteiger partial charge in [-0.15, -0.1) is 0 Å². The zero-order valence-electron chi connectivity index (χ0n) is 11.4. The molecule has 1 aliphatic carbocycles. The zero-order valence-corrected chi connectivity index (χ0v) is 11.4. The second-order valence-electron chi connectivity index (χ2n) is 6.40. The van der Waals surface area contributed by atoms with Crippen molar-refractivity contribution in [3.63, 3.8) is 0 Å². The Morgan fingerprint density at radius 2 is 1.88 bits per heavy atom. The van der Waals surface area contributed by atoms with E-state index in [2.05, 4.69) is 24.8 Å². The average Bonchev–Trinajstić information content (AvgIpc) is 2.77. The van der Waals surface area contributed by atoms with E-state index in [1.165, 1.54) is 32.2 Å². The molecule has 1 saturated carbocycles. The lowest BCUT2D eigenvalue weighted by Crippen LogP contribution is -2.30. The highest BCUT2D eigenvalue weighted by Gasteiger charge is 2.27. The number of nitrogens with zero attached hydrogens (tertiary/aromatic N) is 2. The van der Waals surface area contributed by atoms with Crippen LogP contribution in [0.25, 0.3) is 0 Å². The SMILES string of the molecule is CC(C)C1CCC(CN2CCC(C#N)C2)CC1. The van der Waals surface area contributed by atoms with Crippen LogP contribution in [-0.2, 0) is 0 Å². The van der Waals surface area contributed by atoms with Gasteiger partial charge in [-0.2, -0.15) is 5.26 Å². The molecule has 0 spiro atoms. The molecular formula is C15H26N2. The molecule has 0 aromatic heterocycles. The topological polar surface area (TPSA) is 27.0 Å². The van der Waals surface area contributed by atoms with Crippen LogP contribution in [0.1, 0.15) is 46.0 Å². The van der Waals surface area contributed by atoms with Crippen molar-refractivity contribution in [2.75, 3.05) is 19.6 Å². The first-order chi connectivity index (χ1) is 8.19. The molecule has 2 fully saturated rings. The molecule has 1 saturated heterocycles. The second-order valence-corrected chi connectivity index (χ2v) is 6.40. The van der Waals surface area contributed by atoms with Gasteiger partial charge in [0.25, 0.3) is 0 Å². The third kappa shape index (κ3) is 3.45. The predicted molar refractivity (Wildman–Crippen MR) is 70.4 cm³/mol. The normalized spacial score (nSPS) is 35.1. The van der Waals surface area contributed by atoms with Gasteiger partial charge < -0.3 is 4.90 Å². The molecular weight excluding hydrogens is 208 g/mol. The van der Waals surface area contributed by atoms with Crippen LogP contribution in [0, 0.1) is 35.0 Å². The third-order valence-electron chi connectivity index (χ3n) is 4.81. The molecule has 1 atom stereocenters. The minimum absolute atomic E-state index is 0.307. The van der Waals surface area contributed by atoms with E-state index in [9.17, 15) is 0 Å². The van der Waals surface area contributed by atoms with Gasteiger partial charge in [0, 0.05) is 13.1 Å². The van der Waals surface area contributed by atoms with E-state index in [0.29, 0.717) is 5.92 Å². The van der Waals surface area contributed by atoms with Crippen LogP contribution in [0.15, 0.2) is 0 Å². The van der Waals surface area contributed by atoms with Gasteiger partial charge in [-0.25, -0.2) is 0 Å². The second kappa shape index (κ2) is 5.87. The summed E-state index contributed by atoms with van der Waals surface area (Å²) >= 11 is 0. The Kier molecular flexibility index (Phi) is 4.45. The Morgan fingerprint density at radius 1 is 1.18 bits per heavy atom. The summed E-state index contributed by atoms with van der Waals surface area (Å²) in [4.78, 5) is 2.52. The molecule has 1 heterocycles. The summed E-state index contributed by atoms with van der Waals surface area (Å²) in [7, 11) is 0. The lowest BCUT2D eigenvalue weighted by atomic mass is 9.77. The van der Waals surface area contributed by atoms with E-state index in [1.54, 1.807) is 0 Å². The molecule has 2 rings (SSSR count). The predicted octanol–water partition coefficient (Wildman–Crippen LogP) is 3.29. The summed E-state index contributed by atoms with van der Waals surface area (Å²) in [5.74, 6) is 3.05. The largest absolute Gasteiger partial charge is 0.302 e. The molecule has 1 unspecified atom stereocenters. The molecule has 2 nitrogen and oxygen atoms in total. The molecule has 2 heteroatoms. The average molecular weight is 234 g/mol. The first kappa shape index (κ1) is 12.9. The first-order valence-electron chi connectivity index (χ1n) is 7.31. The highest BCUT2D eigenvalue weighted by Crippen LogP contribution is 2.34. The van der Waals surface area contributed by atoms with E-state index in [1.807, 2.05) is 0 Å². The maximum absolute atomic E-state index is 8.91. The van der Waals surface area contributed by atoms with Crippen molar-refractivity contribution in [2.24, 2.45) is 23.7 Å². The van der Waals surface area contributed by atoms with Crippen molar-refractivity contribution in [3.8, 4) is 6.07 Å². The fourth-order valence-corrected chi connectivity index (χ4v) is 3.51. The molecule has 0 radical (unpaired) electrons. The molecule has 17 heavy (non-hydrogen) atoms. The molecule has 0 aromatic rings. The Bertz CT molecular complexity index is 271. The molecule has 0 amide bonds. The van der Waals surface area contributed by atoms with E-state index in [0.717, 1.165) is 37.3 Å². The van der Waals surface area contributed by atoms with Crippen molar-refractivity contribution in [1.29, 1.82) is 5.26 Å². The molecule has 2 aliphatic rings. The van der Waals surface area contributed by atoms with Gasteiger partial charge in [0.1, 0.15) is 0 Å². The lowest BCUT2D eigenvalue weighted by Gasteiger charge is -2.33. The number of likely N-dealkylation sites (tertiary alicyclic amines) is 1. The third-order valence-corrected chi connectivity index (χ3v) is 4.81. The maximum Gasteiger partial charge on any atom is 0.0669 e. The van der Waals surface area contributed by atoms with Gasteiger partial charge in [-0.05, 0) is 56.4 Å². The van der Waals surface area contributed by atoms with Crippen LogP contribution in [0.2, 0.25) is 0 Å². The lowest BCUT2D eigenvalue weighted by molar-refractivity contribution is 0.178. The van der Waals surface area contributed by atoms with Crippen LogP contribution in [0.3, 0.4) is 0 Å². The van der Waals surface area contributed by atoms with E-state index in [-0.39, 0.29) is 0 Å². The Hall–Kier alpha value is -0.550. The van der Waals surface area contributed by atoms with Crippen molar-refractivity contribution < 1.29 is 0 Å². The first-order valence-corrected chi connectivity index (χ1v) is 7.31. The molecule has 96 valence electrons. The zero-order chi connectivity index (χ0) is 12.3. The van der Waals surface area contributed by atoms with Crippen LogP contribution in [-0.4, -0.2) is 24.5 Å². The van der Waals surface area contributed by atoms with Gasteiger partial charge >= 0.3 is 0 Å². The quantitative estimate of drug-likeness (QED) is 0.749. The van der Waals surface area contributed by atoms with Crippen LogP contribution >= 0.6 is 0 Å². The van der Waals surface area contributed by atoms with Crippen LogP contribution in [0.5, 0.6) is 0 Å². The van der Waals surface area contributed by atoms with Crippen molar-refractivity contribution in [1.82, 2.24) is 4.90 Å². The maximum atomic E-state index is 8.91. The Balaban J connectivity index is 1.70. The van der Waals surface area contributed by atoms with Gasteiger partial charge in [-0.1, -0.05) is 13.8 Å². The minimum Gasteiger partial charge on any atom is -0.302 e. The monoisotopic (exact) mass is 234 g/mol. The summed E-state index contributed by atoms with van der Waals surface area (Å²) in [6.45, 7) is 8.16. The highest BCUT2D eigenvalue weighted by molar-refractivity contribution is 4.91. The Morgan fingerprint density at radius 3 is 2.41 bits per heavy atom. The minimum atomic E-state index is 0.307. The van der Waals surface area contributed by atoms with Crippen molar-refractivity contribution >= 4 is 0 Å². The van der Waals surface area contributed by atoms with E-state index >= 15 is 0 Å².